The van der Waals surface area contributed by atoms with Crippen LogP contribution in [0, 0.1) is 0 Å². The predicted molar refractivity (Wildman–Crippen MR) is 69.7 cm³/mol. The molecule has 2 aliphatic heterocycles. The first-order chi connectivity index (χ1) is 10.9. The molecule has 1 aromatic rings. The van der Waals surface area contributed by atoms with Crippen molar-refractivity contribution in [1.82, 2.24) is 15.1 Å². The molecule has 0 saturated carbocycles. The van der Waals surface area contributed by atoms with Gasteiger partial charge in [-0.3, -0.25) is 0 Å². The van der Waals surface area contributed by atoms with Crippen LogP contribution in [0.3, 0.4) is 0 Å². The standard InChI is InChI=1S/C13H13F2N3O5/c1-2-21-11(19)13(14,15)23-18-10-6-17(12(18)20)4-3-9(10)8-5-16-22-7-8/h3,5,7,10H,2,4,6H2,1H3. The number of urea groups is 1. The van der Waals surface area contributed by atoms with E-state index < -0.39 is 24.2 Å². The molecule has 0 N–H and O–H groups in total. The number of rotatable bonds is 5. The molecule has 2 amide bonds. The van der Waals surface area contributed by atoms with Gasteiger partial charge in [-0.15, -0.1) is 0 Å². The number of aromatic nitrogens is 1. The Labute approximate surface area is 129 Å². The van der Waals surface area contributed by atoms with Gasteiger partial charge in [-0.1, -0.05) is 11.2 Å². The highest BCUT2D eigenvalue weighted by Crippen LogP contribution is 2.35. The number of fused-ring (bicyclic) bond motifs is 2. The third kappa shape index (κ3) is 2.65. The Morgan fingerprint density at radius 3 is 3.00 bits per heavy atom. The van der Waals surface area contributed by atoms with Crippen LogP contribution in [0.1, 0.15) is 12.5 Å². The van der Waals surface area contributed by atoms with Crippen molar-refractivity contribution in [3.63, 3.8) is 0 Å². The number of hydroxylamine groups is 2. The summed E-state index contributed by atoms with van der Waals surface area (Å²) in [6.07, 6.45) is 0.187. The zero-order valence-electron chi connectivity index (χ0n) is 12.1. The van der Waals surface area contributed by atoms with E-state index in [-0.39, 0.29) is 19.7 Å². The Kier molecular flexibility index (Phi) is 3.76. The van der Waals surface area contributed by atoms with Crippen LogP contribution >= 0.6 is 0 Å². The summed E-state index contributed by atoms with van der Waals surface area (Å²) in [5.74, 6) is -1.85. The zero-order chi connectivity index (χ0) is 16.6. The molecule has 1 atom stereocenters. The Morgan fingerprint density at radius 2 is 2.35 bits per heavy atom. The fraction of sp³-hybridized carbons (Fsp3) is 0.462. The molecule has 23 heavy (non-hydrogen) atoms. The highest BCUT2D eigenvalue weighted by molar-refractivity contribution is 5.85. The largest absolute Gasteiger partial charge is 0.477 e. The summed E-state index contributed by atoms with van der Waals surface area (Å²) in [4.78, 5) is 29.1. The molecule has 1 fully saturated rings. The van der Waals surface area contributed by atoms with Crippen LogP contribution in [0.2, 0.25) is 0 Å². The summed E-state index contributed by atoms with van der Waals surface area (Å²) < 4.78 is 36.6. The normalized spacial score (nSPS) is 20.7. The molecule has 0 aliphatic carbocycles. The van der Waals surface area contributed by atoms with E-state index in [2.05, 4.69) is 14.7 Å². The molecule has 8 nitrogen and oxygen atoms in total. The van der Waals surface area contributed by atoms with E-state index in [1.807, 2.05) is 0 Å². The fourth-order valence-corrected chi connectivity index (χ4v) is 2.49. The molecule has 3 heterocycles. The molecular formula is C13H13F2N3O5. The minimum absolute atomic E-state index is 0.161. The van der Waals surface area contributed by atoms with Gasteiger partial charge >= 0.3 is 18.1 Å². The van der Waals surface area contributed by atoms with E-state index in [0.717, 1.165) is 0 Å². The van der Waals surface area contributed by atoms with Crippen molar-refractivity contribution in [3.05, 3.63) is 24.1 Å². The van der Waals surface area contributed by atoms with E-state index in [0.29, 0.717) is 16.2 Å². The van der Waals surface area contributed by atoms with Crippen LogP contribution in [0.15, 0.2) is 23.1 Å². The third-order valence-electron chi connectivity index (χ3n) is 3.52. The van der Waals surface area contributed by atoms with E-state index in [1.165, 1.54) is 24.3 Å². The topological polar surface area (TPSA) is 85.1 Å². The molecule has 10 heteroatoms. The van der Waals surface area contributed by atoms with Gasteiger partial charge in [0.05, 0.1) is 19.3 Å². The maximum absolute atomic E-state index is 13.8. The molecular weight excluding hydrogens is 316 g/mol. The van der Waals surface area contributed by atoms with Crippen molar-refractivity contribution in [2.24, 2.45) is 0 Å². The molecule has 2 aliphatic rings. The SMILES string of the molecule is CCOC(=O)C(F)(F)ON1C(=O)N2CC=C(c3cnoc3)C1C2. The molecule has 3 rings (SSSR count). The number of alkyl halides is 2. The van der Waals surface area contributed by atoms with Gasteiger partial charge in [-0.2, -0.15) is 18.7 Å². The van der Waals surface area contributed by atoms with E-state index in [4.69, 9.17) is 4.52 Å². The number of halogens is 2. The minimum atomic E-state index is -4.26. The van der Waals surface area contributed by atoms with Crippen LogP contribution in [-0.4, -0.2) is 59.0 Å². The molecule has 0 spiro atoms. The predicted octanol–water partition coefficient (Wildman–Crippen LogP) is 1.27. The summed E-state index contributed by atoms with van der Waals surface area (Å²) in [5, 5.41) is 4.06. The van der Waals surface area contributed by atoms with Gasteiger partial charge in [-0.05, 0) is 12.5 Å². The van der Waals surface area contributed by atoms with Gasteiger partial charge in [0, 0.05) is 12.1 Å². The van der Waals surface area contributed by atoms with Gasteiger partial charge in [0.2, 0.25) is 0 Å². The number of ether oxygens (including phenoxy) is 1. The Morgan fingerprint density at radius 1 is 1.57 bits per heavy atom. The average molecular weight is 329 g/mol. The van der Waals surface area contributed by atoms with E-state index in [9.17, 15) is 18.4 Å². The number of hydrogen-bond donors (Lipinski definition) is 0. The highest BCUT2D eigenvalue weighted by atomic mass is 19.3. The van der Waals surface area contributed by atoms with Crippen LogP contribution in [0.5, 0.6) is 0 Å². The smallest absolute Gasteiger partial charge is 0.460 e. The molecule has 1 unspecified atom stereocenters. The first kappa shape index (κ1) is 15.4. The molecule has 0 aromatic carbocycles. The van der Waals surface area contributed by atoms with Crippen LogP contribution in [0.25, 0.3) is 5.57 Å². The van der Waals surface area contributed by atoms with Gasteiger partial charge in [-0.25, -0.2) is 9.59 Å². The number of nitrogens with zero attached hydrogens (tertiary/aromatic N) is 3. The first-order valence-corrected chi connectivity index (χ1v) is 6.86. The fourth-order valence-electron chi connectivity index (χ4n) is 2.49. The minimum Gasteiger partial charge on any atom is -0.460 e. The van der Waals surface area contributed by atoms with Crippen LogP contribution in [-0.2, 0) is 14.4 Å². The lowest BCUT2D eigenvalue weighted by molar-refractivity contribution is -0.325. The van der Waals surface area contributed by atoms with Gasteiger partial charge in [0.1, 0.15) is 12.3 Å². The summed E-state index contributed by atoms with van der Waals surface area (Å²) in [6, 6.07) is -1.54. The third-order valence-corrected chi connectivity index (χ3v) is 3.52. The highest BCUT2D eigenvalue weighted by Gasteiger charge is 2.52. The molecule has 1 aromatic heterocycles. The van der Waals surface area contributed by atoms with Crippen molar-refractivity contribution in [2.45, 2.75) is 19.1 Å². The van der Waals surface area contributed by atoms with Crippen molar-refractivity contribution < 1.29 is 32.5 Å². The molecule has 2 bridgehead atoms. The van der Waals surface area contributed by atoms with Crippen molar-refractivity contribution >= 4 is 17.6 Å². The second-order valence-electron chi connectivity index (χ2n) is 4.93. The lowest BCUT2D eigenvalue weighted by atomic mass is 9.99. The quantitative estimate of drug-likeness (QED) is 0.756. The zero-order valence-corrected chi connectivity index (χ0v) is 12.1. The monoisotopic (exact) mass is 329 g/mol. The average Bonchev–Trinajstić information content (AvgIpc) is 3.12. The van der Waals surface area contributed by atoms with Crippen molar-refractivity contribution in [3.8, 4) is 0 Å². The van der Waals surface area contributed by atoms with Gasteiger partial charge in [0.25, 0.3) is 0 Å². The number of esters is 1. The summed E-state index contributed by atoms with van der Waals surface area (Å²) in [7, 11) is 0. The number of carbonyl (C=O) groups excluding carboxylic acids is 2. The number of carbonyl (C=O) groups is 2. The molecule has 124 valence electrons. The van der Waals surface area contributed by atoms with Crippen molar-refractivity contribution in [1.29, 1.82) is 0 Å². The lowest BCUT2D eigenvalue weighted by Gasteiger charge is -2.26. The second kappa shape index (κ2) is 5.61. The maximum Gasteiger partial charge on any atom is 0.477 e. The Hall–Kier alpha value is -2.49. The maximum atomic E-state index is 13.8. The second-order valence-corrected chi connectivity index (χ2v) is 4.93. The van der Waals surface area contributed by atoms with Crippen LogP contribution < -0.4 is 0 Å². The Bertz CT molecular complexity index is 646. The Balaban J connectivity index is 1.83. The number of amides is 2. The van der Waals surface area contributed by atoms with E-state index >= 15 is 0 Å². The van der Waals surface area contributed by atoms with Gasteiger partial charge < -0.3 is 14.2 Å². The van der Waals surface area contributed by atoms with E-state index in [1.54, 1.807) is 6.08 Å². The summed E-state index contributed by atoms with van der Waals surface area (Å²) in [6.45, 7) is 1.56. The van der Waals surface area contributed by atoms with Gasteiger partial charge in [0.15, 0.2) is 0 Å². The van der Waals surface area contributed by atoms with Crippen LogP contribution in [0.4, 0.5) is 13.6 Å². The first-order valence-electron chi connectivity index (χ1n) is 6.86. The summed E-state index contributed by atoms with van der Waals surface area (Å²) >= 11 is 0. The van der Waals surface area contributed by atoms with Crippen molar-refractivity contribution in [2.75, 3.05) is 19.7 Å². The lowest BCUT2D eigenvalue weighted by Crippen LogP contribution is -2.45. The summed E-state index contributed by atoms with van der Waals surface area (Å²) in [5.41, 5.74) is 1.12. The molecule has 1 saturated heterocycles. The molecule has 0 radical (unpaired) electrons. The number of hydrogen-bond acceptors (Lipinski definition) is 6.